The van der Waals surface area contributed by atoms with E-state index in [-0.39, 0.29) is 17.8 Å². The third-order valence-electron chi connectivity index (χ3n) is 4.69. The topological polar surface area (TPSA) is 115 Å². The van der Waals surface area contributed by atoms with E-state index in [4.69, 9.17) is 28.9 Å². The Bertz CT molecular complexity index is 1490. The number of nitrogens with two attached hydrogens (primary N) is 1. The first kappa shape index (κ1) is 18.5. The Morgan fingerprint density at radius 2 is 1.80 bits per heavy atom. The summed E-state index contributed by atoms with van der Waals surface area (Å²) in [6.45, 7) is 0. The summed E-state index contributed by atoms with van der Waals surface area (Å²) in [5.74, 6) is 1.04. The van der Waals surface area contributed by atoms with E-state index in [1.165, 1.54) is 10.9 Å². The zero-order chi connectivity index (χ0) is 20.8. The van der Waals surface area contributed by atoms with Crippen molar-refractivity contribution in [2.24, 2.45) is 0 Å². The van der Waals surface area contributed by atoms with Gasteiger partial charge in [0.05, 0.1) is 39.4 Å². The molecule has 0 amide bonds. The molecule has 30 heavy (non-hydrogen) atoms. The first-order valence-corrected chi connectivity index (χ1v) is 9.69. The number of H-pyrrole nitrogens is 1. The van der Waals surface area contributed by atoms with Crippen molar-refractivity contribution in [2.75, 3.05) is 5.73 Å². The Morgan fingerprint density at radius 3 is 2.63 bits per heavy atom. The molecule has 2 aromatic carbocycles. The molecule has 3 N–H and O–H groups in total. The van der Waals surface area contributed by atoms with E-state index >= 15 is 0 Å². The van der Waals surface area contributed by atoms with Crippen molar-refractivity contribution >= 4 is 51.1 Å². The van der Waals surface area contributed by atoms with Crippen molar-refractivity contribution < 1.29 is 0 Å². The molecular formula is C20H13Cl2N7O. The van der Waals surface area contributed by atoms with Crippen molar-refractivity contribution in [2.45, 2.75) is 6.42 Å². The first-order chi connectivity index (χ1) is 14.5. The maximum Gasteiger partial charge on any atom is 0.267 e. The van der Waals surface area contributed by atoms with Crippen molar-refractivity contribution in [1.82, 2.24) is 29.5 Å². The second kappa shape index (κ2) is 7.08. The molecule has 0 atom stereocenters. The predicted molar refractivity (Wildman–Crippen MR) is 116 cm³/mol. The molecule has 0 saturated heterocycles. The van der Waals surface area contributed by atoms with Gasteiger partial charge in [-0.2, -0.15) is 0 Å². The van der Waals surface area contributed by atoms with Crippen molar-refractivity contribution in [3.8, 4) is 5.69 Å². The summed E-state index contributed by atoms with van der Waals surface area (Å²) < 4.78 is 1.44. The van der Waals surface area contributed by atoms with Crippen LogP contribution in [0.25, 0.3) is 27.8 Å². The number of para-hydroxylation sites is 1. The van der Waals surface area contributed by atoms with E-state index in [9.17, 15) is 4.79 Å². The molecule has 0 bridgehead atoms. The molecule has 0 aliphatic rings. The lowest BCUT2D eigenvalue weighted by Gasteiger charge is -2.15. The van der Waals surface area contributed by atoms with Crippen LogP contribution in [0.2, 0.25) is 10.0 Å². The van der Waals surface area contributed by atoms with Crippen LogP contribution in [0.3, 0.4) is 0 Å². The van der Waals surface area contributed by atoms with Crippen LogP contribution in [0.15, 0.2) is 53.6 Å². The number of nitrogen functional groups attached to an aromatic ring is 1. The SMILES string of the molecule is Nc1nc(Cc2nc3cccc(Cl)c3c(=O)n2-c2ccccc2Cl)nc2nc[nH]c12. The normalized spacial score (nSPS) is 11.4. The first-order valence-electron chi connectivity index (χ1n) is 8.93. The van der Waals surface area contributed by atoms with Crippen LogP contribution in [0, 0.1) is 0 Å². The minimum atomic E-state index is -0.331. The van der Waals surface area contributed by atoms with Crippen LogP contribution in [0.4, 0.5) is 5.82 Å². The van der Waals surface area contributed by atoms with Crippen LogP contribution in [-0.4, -0.2) is 29.5 Å². The lowest BCUT2D eigenvalue weighted by molar-refractivity contribution is 0.820. The van der Waals surface area contributed by atoms with Gasteiger partial charge in [-0.25, -0.2) is 19.9 Å². The summed E-state index contributed by atoms with van der Waals surface area (Å²) in [7, 11) is 0. The lowest BCUT2D eigenvalue weighted by Crippen LogP contribution is -2.25. The molecule has 0 aliphatic heterocycles. The maximum atomic E-state index is 13.4. The van der Waals surface area contributed by atoms with E-state index in [2.05, 4.69) is 24.9 Å². The molecule has 10 heteroatoms. The van der Waals surface area contributed by atoms with Crippen LogP contribution in [-0.2, 0) is 6.42 Å². The zero-order valence-corrected chi connectivity index (χ0v) is 16.8. The highest BCUT2D eigenvalue weighted by atomic mass is 35.5. The van der Waals surface area contributed by atoms with Gasteiger partial charge in [0.25, 0.3) is 5.56 Å². The van der Waals surface area contributed by atoms with Crippen molar-refractivity contribution in [1.29, 1.82) is 0 Å². The van der Waals surface area contributed by atoms with Crippen molar-refractivity contribution in [3.05, 3.63) is 80.8 Å². The number of rotatable bonds is 3. The molecule has 5 rings (SSSR count). The highest BCUT2D eigenvalue weighted by molar-refractivity contribution is 6.35. The quantitative estimate of drug-likeness (QED) is 0.445. The number of imidazole rings is 1. The van der Waals surface area contributed by atoms with Crippen LogP contribution >= 0.6 is 23.2 Å². The molecule has 3 heterocycles. The minimum Gasteiger partial charge on any atom is -0.382 e. The Labute approximate surface area is 179 Å². The second-order valence-electron chi connectivity index (χ2n) is 6.56. The lowest BCUT2D eigenvalue weighted by atomic mass is 10.2. The zero-order valence-electron chi connectivity index (χ0n) is 15.3. The van der Waals surface area contributed by atoms with Gasteiger partial charge >= 0.3 is 0 Å². The Balaban J connectivity index is 1.79. The van der Waals surface area contributed by atoms with Gasteiger partial charge in [0.1, 0.15) is 17.2 Å². The molecule has 3 aromatic heterocycles. The molecule has 0 unspecified atom stereocenters. The molecule has 0 aliphatic carbocycles. The molecule has 0 saturated carbocycles. The average molecular weight is 438 g/mol. The van der Waals surface area contributed by atoms with Crippen LogP contribution < -0.4 is 11.3 Å². The van der Waals surface area contributed by atoms with Gasteiger partial charge in [0.2, 0.25) is 0 Å². The Kier molecular flexibility index (Phi) is 4.38. The van der Waals surface area contributed by atoms with E-state index < -0.39 is 0 Å². The third kappa shape index (κ3) is 2.97. The Hall–Kier alpha value is -3.49. The summed E-state index contributed by atoms with van der Waals surface area (Å²) in [5.41, 5.74) is 7.64. The highest BCUT2D eigenvalue weighted by Crippen LogP contribution is 2.25. The van der Waals surface area contributed by atoms with Gasteiger partial charge in [-0.1, -0.05) is 41.4 Å². The van der Waals surface area contributed by atoms with Gasteiger partial charge < -0.3 is 10.7 Å². The molecule has 5 aromatic rings. The minimum absolute atomic E-state index is 0.135. The number of nitrogens with zero attached hydrogens (tertiary/aromatic N) is 5. The van der Waals surface area contributed by atoms with E-state index in [1.54, 1.807) is 42.5 Å². The number of halogens is 2. The van der Waals surface area contributed by atoms with E-state index in [0.717, 1.165) is 0 Å². The molecule has 0 fully saturated rings. The summed E-state index contributed by atoms with van der Waals surface area (Å²) >= 11 is 12.7. The van der Waals surface area contributed by atoms with Gasteiger partial charge in [-0.3, -0.25) is 9.36 Å². The molecule has 0 radical (unpaired) electrons. The summed E-state index contributed by atoms with van der Waals surface area (Å²) in [6.07, 6.45) is 1.63. The van der Waals surface area contributed by atoms with E-state index in [0.29, 0.717) is 49.4 Å². The fourth-order valence-electron chi connectivity index (χ4n) is 3.36. The average Bonchev–Trinajstić information content (AvgIpc) is 3.18. The van der Waals surface area contributed by atoms with Gasteiger partial charge in [0.15, 0.2) is 11.5 Å². The maximum absolute atomic E-state index is 13.4. The summed E-state index contributed by atoms with van der Waals surface area (Å²) in [4.78, 5) is 33.9. The number of aromatic nitrogens is 6. The number of nitrogens with one attached hydrogen (secondary N) is 1. The number of hydrogen-bond acceptors (Lipinski definition) is 6. The number of benzene rings is 2. The largest absolute Gasteiger partial charge is 0.382 e. The fraction of sp³-hybridized carbons (Fsp3) is 0.0500. The molecule has 0 spiro atoms. The van der Waals surface area contributed by atoms with Crippen LogP contribution in [0.1, 0.15) is 11.6 Å². The summed E-state index contributed by atoms with van der Waals surface area (Å²) in [5, 5.41) is 1.03. The van der Waals surface area contributed by atoms with Crippen LogP contribution in [0.5, 0.6) is 0 Å². The highest BCUT2D eigenvalue weighted by Gasteiger charge is 2.18. The number of fused-ring (bicyclic) bond motifs is 2. The molecular weight excluding hydrogens is 425 g/mol. The third-order valence-corrected chi connectivity index (χ3v) is 5.32. The van der Waals surface area contributed by atoms with E-state index in [1.807, 2.05) is 0 Å². The number of hydrogen-bond donors (Lipinski definition) is 2. The van der Waals surface area contributed by atoms with Crippen molar-refractivity contribution in [3.63, 3.8) is 0 Å². The second-order valence-corrected chi connectivity index (χ2v) is 7.37. The molecule has 148 valence electrons. The monoisotopic (exact) mass is 437 g/mol. The predicted octanol–water partition coefficient (Wildman–Crippen LogP) is 3.53. The fourth-order valence-corrected chi connectivity index (χ4v) is 3.83. The van der Waals surface area contributed by atoms with Gasteiger partial charge in [-0.15, -0.1) is 0 Å². The number of anilines is 1. The van der Waals surface area contributed by atoms with Gasteiger partial charge in [-0.05, 0) is 24.3 Å². The van der Waals surface area contributed by atoms with Gasteiger partial charge in [0, 0.05) is 0 Å². The smallest absolute Gasteiger partial charge is 0.267 e. The molecule has 8 nitrogen and oxygen atoms in total. The summed E-state index contributed by atoms with van der Waals surface area (Å²) in [6, 6.07) is 12.1. The standard InChI is InChI=1S/C20H13Cl2N7O/c21-10-4-1-2-7-13(10)29-15(26-12-6-3-5-11(22)16(12)20(29)30)8-14-27-18(23)17-19(28-14)25-9-24-17/h1-7,9H,8H2,(H3,23,24,25,27,28). The number of aromatic amines is 1. The Morgan fingerprint density at radius 1 is 1.00 bits per heavy atom.